The van der Waals surface area contributed by atoms with Gasteiger partial charge in [0.1, 0.15) is 0 Å². The molecule has 64 valence electrons. The van der Waals surface area contributed by atoms with E-state index in [-0.39, 0.29) is 24.5 Å². The van der Waals surface area contributed by atoms with Gasteiger partial charge >= 0.3 is 5.97 Å². The van der Waals surface area contributed by atoms with Crippen molar-refractivity contribution in [2.24, 2.45) is 10.2 Å². The van der Waals surface area contributed by atoms with Gasteiger partial charge in [-0.15, -0.1) is 5.10 Å². The number of hydrogen-bond acceptors (Lipinski definition) is 5. The molecule has 5 heteroatoms. The second-order valence-electron chi connectivity index (χ2n) is 2.09. The molecule has 0 N–H and O–H groups in total. The van der Waals surface area contributed by atoms with Gasteiger partial charge in [-0.3, -0.25) is 4.79 Å². The molecule has 0 bridgehead atoms. The highest BCUT2D eigenvalue weighted by Crippen LogP contribution is 1.96. The van der Waals surface area contributed by atoms with Crippen LogP contribution in [0.1, 0.15) is 13.3 Å². The molecular weight excluding hydrogens is 160 g/mol. The first kappa shape index (κ1) is 8.58. The molecule has 1 aliphatic heterocycles. The van der Waals surface area contributed by atoms with Crippen LogP contribution in [0.25, 0.3) is 0 Å². The Morgan fingerprint density at radius 2 is 2.50 bits per heavy atom. The van der Waals surface area contributed by atoms with Crippen LogP contribution in [0, 0.1) is 0 Å². The fourth-order valence-corrected chi connectivity index (χ4v) is 0.729. The molecule has 5 nitrogen and oxygen atoms in total. The first-order chi connectivity index (χ1) is 5.75. The monoisotopic (exact) mass is 168 g/mol. The molecule has 1 rings (SSSR count). The molecule has 0 aromatic rings. The van der Waals surface area contributed by atoms with Crippen LogP contribution >= 0.6 is 0 Å². The minimum Gasteiger partial charge on any atom is -0.461 e. The van der Waals surface area contributed by atoms with E-state index in [0.29, 0.717) is 0 Å². The number of nitrogens with zero attached hydrogens (tertiary/aromatic N) is 2. The van der Waals surface area contributed by atoms with Crippen LogP contribution in [0.15, 0.2) is 10.2 Å². The van der Waals surface area contributed by atoms with Gasteiger partial charge in [-0.25, -0.2) is 4.79 Å². The van der Waals surface area contributed by atoms with E-state index >= 15 is 0 Å². The Kier molecular flexibility index (Phi) is 2.68. The normalized spacial score (nSPS) is 15.8. The van der Waals surface area contributed by atoms with Crippen molar-refractivity contribution >= 4 is 23.7 Å². The number of carbonyl (C=O) groups excluding carboxylic acids is 2. The van der Waals surface area contributed by atoms with Gasteiger partial charge in [0.25, 0.3) is 0 Å². The summed E-state index contributed by atoms with van der Waals surface area (Å²) in [6.07, 6.45) is 1.47. The number of ether oxygens (including phenoxy) is 1. The zero-order valence-corrected chi connectivity index (χ0v) is 6.61. The maximum Gasteiger partial charge on any atom is 0.362 e. The van der Waals surface area contributed by atoms with Gasteiger partial charge in [-0.05, 0) is 6.92 Å². The summed E-state index contributed by atoms with van der Waals surface area (Å²) < 4.78 is 4.59. The van der Waals surface area contributed by atoms with Crippen molar-refractivity contribution in [2.45, 2.75) is 13.3 Å². The predicted molar refractivity (Wildman–Crippen MR) is 42.2 cm³/mol. The first-order valence-electron chi connectivity index (χ1n) is 3.55. The van der Waals surface area contributed by atoms with E-state index < -0.39 is 5.97 Å². The van der Waals surface area contributed by atoms with Crippen molar-refractivity contribution in [3.63, 3.8) is 0 Å². The average Bonchev–Trinajstić information content (AvgIpc) is 2.05. The molecule has 0 fully saturated rings. The molecule has 0 radical (unpaired) electrons. The topological polar surface area (TPSA) is 68.1 Å². The number of hydrogen-bond donors (Lipinski definition) is 0. The van der Waals surface area contributed by atoms with Gasteiger partial charge in [0.2, 0.25) is 5.71 Å². The van der Waals surface area contributed by atoms with E-state index in [2.05, 4.69) is 14.9 Å². The SMILES string of the molecule is CCOC(=O)C1=NN=CCC1=O. The third-order valence-electron chi connectivity index (χ3n) is 1.25. The van der Waals surface area contributed by atoms with E-state index in [4.69, 9.17) is 0 Å². The van der Waals surface area contributed by atoms with Crippen LogP contribution in [0.4, 0.5) is 0 Å². The minimum atomic E-state index is -0.695. The van der Waals surface area contributed by atoms with Gasteiger partial charge in [0, 0.05) is 6.21 Å². The third-order valence-corrected chi connectivity index (χ3v) is 1.25. The van der Waals surface area contributed by atoms with E-state index in [0.717, 1.165) is 0 Å². The first-order valence-corrected chi connectivity index (χ1v) is 3.55. The predicted octanol–water partition coefficient (Wildman–Crippen LogP) is -0.0509. The molecule has 0 atom stereocenters. The lowest BCUT2D eigenvalue weighted by molar-refractivity contribution is -0.135. The summed E-state index contributed by atoms with van der Waals surface area (Å²) in [6, 6.07) is 0. The molecule has 0 aromatic heterocycles. The lowest BCUT2D eigenvalue weighted by Gasteiger charge is -2.03. The largest absolute Gasteiger partial charge is 0.461 e. The van der Waals surface area contributed by atoms with Crippen molar-refractivity contribution in [1.29, 1.82) is 0 Å². The summed E-state index contributed by atoms with van der Waals surface area (Å²) in [7, 11) is 0. The smallest absolute Gasteiger partial charge is 0.362 e. The second-order valence-corrected chi connectivity index (χ2v) is 2.09. The number of Topliss-reactive ketones (excluding diaryl/α,β-unsaturated/α-hetero) is 1. The van der Waals surface area contributed by atoms with Crippen LogP contribution < -0.4 is 0 Å². The highest BCUT2D eigenvalue weighted by molar-refractivity contribution is 6.65. The number of ketones is 1. The fraction of sp³-hybridized carbons (Fsp3) is 0.429. The Hall–Kier alpha value is -1.52. The minimum absolute atomic E-state index is 0.123. The van der Waals surface area contributed by atoms with Crippen LogP contribution in [0.5, 0.6) is 0 Å². The molecule has 0 spiro atoms. The van der Waals surface area contributed by atoms with Crippen molar-refractivity contribution in [1.82, 2.24) is 0 Å². The lowest BCUT2D eigenvalue weighted by atomic mass is 10.2. The molecule has 0 saturated heterocycles. The van der Waals surface area contributed by atoms with Crippen LogP contribution in [-0.2, 0) is 14.3 Å². The molecule has 1 aliphatic rings. The van der Waals surface area contributed by atoms with E-state index in [1.807, 2.05) is 0 Å². The summed E-state index contributed by atoms with van der Waals surface area (Å²) in [6.45, 7) is 1.89. The summed E-state index contributed by atoms with van der Waals surface area (Å²) >= 11 is 0. The molecule has 0 saturated carbocycles. The quantitative estimate of drug-likeness (QED) is 0.543. The molecular formula is C7H8N2O3. The fourth-order valence-electron chi connectivity index (χ4n) is 0.729. The highest BCUT2D eigenvalue weighted by atomic mass is 16.5. The zero-order valence-electron chi connectivity index (χ0n) is 6.61. The zero-order chi connectivity index (χ0) is 8.97. The maximum atomic E-state index is 11.0. The Balaban J connectivity index is 2.72. The summed E-state index contributed by atoms with van der Waals surface area (Å²) in [5, 5.41) is 6.84. The van der Waals surface area contributed by atoms with Crippen LogP contribution in [-0.4, -0.2) is 30.3 Å². The van der Waals surface area contributed by atoms with Crippen molar-refractivity contribution in [2.75, 3.05) is 6.61 Å². The number of esters is 1. The Morgan fingerprint density at radius 1 is 1.75 bits per heavy atom. The van der Waals surface area contributed by atoms with Crippen molar-refractivity contribution in [3.8, 4) is 0 Å². The lowest BCUT2D eigenvalue weighted by Crippen LogP contribution is -2.27. The van der Waals surface area contributed by atoms with Gasteiger partial charge in [-0.1, -0.05) is 0 Å². The van der Waals surface area contributed by atoms with Crippen molar-refractivity contribution in [3.05, 3.63) is 0 Å². The number of rotatable bonds is 2. The molecule has 0 unspecified atom stereocenters. The Labute approximate surface area is 69.1 Å². The van der Waals surface area contributed by atoms with E-state index in [1.54, 1.807) is 6.92 Å². The third kappa shape index (κ3) is 1.75. The van der Waals surface area contributed by atoms with Gasteiger partial charge in [-0.2, -0.15) is 5.10 Å². The maximum absolute atomic E-state index is 11.0. The van der Waals surface area contributed by atoms with Crippen LogP contribution in [0.3, 0.4) is 0 Å². The Morgan fingerprint density at radius 3 is 3.08 bits per heavy atom. The molecule has 0 aromatic carbocycles. The summed E-state index contributed by atoms with van der Waals surface area (Å²) in [5.74, 6) is -1.04. The molecule has 1 heterocycles. The van der Waals surface area contributed by atoms with Gasteiger partial charge < -0.3 is 4.74 Å². The Bertz CT molecular complexity index is 268. The van der Waals surface area contributed by atoms with E-state index in [1.165, 1.54) is 6.21 Å². The second kappa shape index (κ2) is 3.75. The number of carbonyl (C=O) groups is 2. The summed E-state index contributed by atoms with van der Waals surface area (Å²) in [5.41, 5.74) is -0.209. The van der Waals surface area contributed by atoms with Crippen molar-refractivity contribution < 1.29 is 14.3 Å². The standard InChI is InChI=1S/C7H8N2O3/c1-2-12-7(11)6-5(10)3-4-8-9-6/h4H,2-3H2,1H3. The summed E-state index contributed by atoms with van der Waals surface area (Å²) in [4.78, 5) is 21.9. The van der Waals surface area contributed by atoms with E-state index in [9.17, 15) is 9.59 Å². The molecule has 0 amide bonds. The van der Waals surface area contributed by atoms with Gasteiger partial charge in [0.15, 0.2) is 5.78 Å². The molecule has 0 aliphatic carbocycles. The van der Waals surface area contributed by atoms with Crippen LogP contribution in [0.2, 0.25) is 0 Å². The average molecular weight is 168 g/mol. The highest BCUT2D eigenvalue weighted by Gasteiger charge is 2.22. The molecule has 12 heavy (non-hydrogen) atoms. The van der Waals surface area contributed by atoms with Gasteiger partial charge in [0.05, 0.1) is 13.0 Å².